The summed E-state index contributed by atoms with van der Waals surface area (Å²) >= 11 is 0. The van der Waals surface area contributed by atoms with Gasteiger partial charge in [-0.25, -0.2) is 4.68 Å². The number of hydrogen-bond donors (Lipinski definition) is 0. The molecule has 13 heavy (non-hydrogen) atoms. The molecule has 1 aliphatic carbocycles. The predicted molar refractivity (Wildman–Crippen MR) is 47.8 cm³/mol. The van der Waals surface area contributed by atoms with Gasteiger partial charge in [-0.15, -0.1) is 5.10 Å². The standard InChI is InChI=1S/C8H12N4O/c1-11(6-3-4-6)8-9-7(5-13)12(2)10-8/h5-6H,3-4H2,1-2H3. The number of aromatic nitrogens is 3. The summed E-state index contributed by atoms with van der Waals surface area (Å²) in [7, 11) is 3.68. The molecule has 1 aromatic heterocycles. The number of carbonyl (C=O) groups excluding carboxylic acids is 1. The van der Waals surface area contributed by atoms with Gasteiger partial charge in [0.2, 0.25) is 5.95 Å². The van der Waals surface area contributed by atoms with E-state index >= 15 is 0 Å². The summed E-state index contributed by atoms with van der Waals surface area (Å²) in [5.41, 5.74) is 0. The minimum Gasteiger partial charge on any atom is -0.340 e. The molecule has 1 aliphatic rings. The van der Waals surface area contributed by atoms with E-state index in [0.29, 0.717) is 17.8 Å². The molecular formula is C8H12N4O. The molecular weight excluding hydrogens is 168 g/mol. The van der Waals surface area contributed by atoms with E-state index in [-0.39, 0.29) is 0 Å². The second-order valence-electron chi connectivity index (χ2n) is 3.35. The summed E-state index contributed by atoms with van der Waals surface area (Å²) in [6, 6.07) is 0.571. The summed E-state index contributed by atoms with van der Waals surface area (Å²) in [6.45, 7) is 0. The van der Waals surface area contributed by atoms with Crippen LogP contribution in [-0.2, 0) is 7.05 Å². The number of rotatable bonds is 3. The van der Waals surface area contributed by atoms with Gasteiger partial charge in [-0.05, 0) is 12.8 Å². The Balaban J connectivity index is 2.24. The van der Waals surface area contributed by atoms with Crippen LogP contribution in [0.15, 0.2) is 0 Å². The van der Waals surface area contributed by atoms with Gasteiger partial charge in [-0.2, -0.15) is 4.98 Å². The Kier molecular flexibility index (Phi) is 1.79. The fraction of sp³-hybridized carbons (Fsp3) is 0.625. The van der Waals surface area contributed by atoms with E-state index in [1.54, 1.807) is 7.05 Å². The summed E-state index contributed by atoms with van der Waals surface area (Å²) in [5.74, 6) is 1.02. The van der Waals surface area contributed by atoms with Crippen molar-refractivity contribution in [3.8, 4) is 0 Å². The highest BCUT2D eigenvalue weighted by atomic mass is 16.1. The lowest BCUT2D eigenvalue weighted by Crippen LogP contribution is -2.20. The van der Waals surface area contributed by atoms with Gasteiger partial charge in [-0.3, -0.25) is 4.79 Å². The van der Waals surface area contributed by atoms with Crippen molar-refractivity contribution in [2.45, 2.75) is 18.9 Å². The van der Waals surface area contributed by atoms with Crippen LogP contribution in [0.3, 0.4) is 0 Å². The molecule has 0 aromatic carbocycles. The summed E-state index contributed by atoms with van der Waals surface area (Å²) in [6.07, 6.45) is 3.12. The van der Waals surface area contributed by atoms with Gasteiger partial charge in [0.15, 0.2) is 12.1 Å². The molecule has 0 saturated heterocycles. The Morgan fingerprint density at radius 1 is 1.62 bits per heavy atom. The van der Waals surface area contributed by atoms with E-state index < -0.39 is 0 Å². The van der Waals surface area contributed by atoms with Crippen LogP contribution >= 0.6 is 0 Å². The molecule has 0 bridgehead atoms. The van der Waals surface area contributed by atoms with Crippen LogP contribution in [0, 0.1) is 0 Å². The summed E-state index contributed by atoms with van der Waals surface area (Å²) < 4.78 is 1.50. The normalized spacial score (nSPS) is 15.8. The molecule has 0 spiro atoms. The van der Waals surface area contributed by atoms with E-state index in [2.05, 4.69) is 10.1 Å². The molecule has 0 unspecified atom stereocenters. The summed E-state index contributed by atoms with van der Waals surface area (Å²) in [4.78, 5) is 16.6. The lowest BCUT2D eigenvalue weighted by Gasteiger charge is -2.12. The first-order chi connectivity index (χ1) is 6.22. The van der Waals surface area contributed by atoms with Crippen molar-refractivity contribution in [1.82, 2.24) is 14.8 Å². The molecule has 5 nitrogen and oxygen atoms in total. The second kappa shape index (κ2) is 2.83. The minimum atomic E-state index is 0.377. The van der Waals surface area contributed by atoms with Crippen LogP contribution in [0.25, 0.3) is 0 Å². The Morgan fingerprint density at radius 2 is 2.31 bits per heavy atom. The van der Waals surface area contributed by atoms with Crippen molar-refractivity contribution < 1.29 is 4.79 Å². The highest BCUT2D eigenvalue weighted by Gasteiger charge is 2.28. The Hall–Kier alpha value is -1.39. The Labute approximate surface area is 76.4 Å². The Bertz CT molecular complexity index is 329. The average molecular weight is 180 g/mol. The maximum absolute atomic E-state index is 10.5. The van der Waals surface area contributed by atoms with Crippen molar-refractivity contribution in [2.75, 3.05) is 11.9 Å². The van der Waals surface area contributed by atoms with E-state index in [9.17, 15) is 4.79 Å². The van der Waals surface area contributed by atoms with Gasteiger partial charge in [0.1, 0.15) is 0 Å². The fourth-order valence-electron chi connectivity index (χ4n) is 1.26. The summed E-state index contributed by atoms with van der Waals surface area (Å²) in [5, 5.41) is 4.14. The van der Waals surface area contributed by atoms with E-state index in [1.807, 2.05) is 11.9 Å². The largest absolute Gasteiger partial charge is 0.340 e. The minimum absolute atomic E-state index is 0.377. The molecule has 1 aromatic rings. The molecule has 0 aliphatic heterocycles. The number of hydrogen-bond acceptors (Lipinski definition) is 4. The van der Waals surface area contributed by atoms with Crippen LogP contribution in [0.1, 0.15) is 23.5 Å². The first-order valence-corrected chi connectivity index (χ1v) is 4.31. The maximum Gasteiger partial charge on any atom is 0.245 e. The first kappa shape index (κ1) is 8.22. The molecule has 0 amide bonds. The third-order valence-electron chi connectivity index (χ3n) is 2.30. The van der Waals surface area contributed by atoms with Crippen molar-refractivity contribution >= 4 is 12.2 Å². The first-order valence-electron chi connectivity index (χ1n) is 4.31. The van der Waals surface area contributed by atoms with E-state index in [0.717, 1.165) is 6.29 Å². The van der Waals surface area contributed by atoms with Crippen LogP contribution in [0.2, 0.25) is 0 Å². The molecule has 2 rings (SSSR count). The van der Waals surface area contributed by atoms with Crippen LogP contribution < -0.4 is 4.90 Å². The van der Waals surface area contributed by atoms with Crippen molar-refractivity contribution in [2.24, 2.45) is 7.05 Å². The molecule has 0 N–H and O–H groups in total. The van der Waals surface area contributed by atoms with Gasteiger partial charge >= 0.3 is 0 Å². The van der Waals surface area contributed by atoms with Gasteiger partial charge < -0.3 is 4.90 Å². The third kappa shape index (κ3) is 1.41. The number of aryl methyl sites for hydroxylation is 1. The predicted octanol–water partition coefficient (Wildman–Crippen LogP) is 0.226. The van der Waals surface area contributed by atoms with E-state index in [4.69, 9.17) is 0 Å². The topological polar surface area (TPSA) is 51.0 Å². The van der Waals surface area contributed by atoms with Gasteiger partial charge in [0.05, 0.1) is 0 Å². The highest BCUT2D eigenvalue weighted by molar-refractivity contribution is 5.69. The number of nitrogens with zero attached hydrogens (tertiary/aromatic N) is 4. The van der Waals surface area contributed by atoms with Crippen LogP contribution in [0.4, 0.5) is 5.95 Å². The highest BCUT2D eigenvalue weighted by Crippen LogP contribution is 2.27. The number of anilines is 1. The monoisotopic (exact) mass is 180 g/mol. The maximum atomic E-state index is 10.5. The van der Waals surface area contributed by atoms with Crippen LogP contribution in [-0.4, -0.2) is 34.1 Å². The zero-order valence-corrected chi connectivity index (χ0v) is 7.77. The van der Waals surface area contributed by atoms with Crippen molar-refractivity contribution in [3.63, 3.8) is 0 Å². The Morgan fingerprint density at radius 3 is 2.77 bits per heavy atom. The molecule has 1 saturated carbocycles. The molecule has 1 fully saturated rings. The smallest absolute Gasteiger partial charge is 0.245 e. The quantitative estimate of drug-likeness (QED) is 0.625. The van der Waals surface area contributed by atoms with Gasteiger partial charge in [-0.1, -0.05) is 0 Å². The fourth-order valence-corrected chi connectivity index (χ4v) is 1.26. The zero-order valence-electron chi connectivity index (χ0n) is 7.77. The molecule has 5 heteroatoms. The molecule has 1 heterocycles. The zero-order chi connectivity index (χ0) is 9.42. The lowest BCUT2D eigenvalue weighted by molar-refractivity contribution is 0.111. The number of carbonyl (C=O) groups is 1. The third-order valence-corrected chi connectivity index (χ3v) is 2.30. The average Bonchev–Trinajstić information content (AvgIpc) is 2.89. The van der Waals surface area contributed by atoms with Gasteiger partial charge in [0, 0.05) is 20.1 Å². The van der Waals surface area contributed by atoms with E-state index in [1.165, 1.54) is 17.5 Å². The van der Waals surface area contributed by atoms with Crippen molar-refractivity contribution in [1.29, 1.82) is 0 Å². The van der Waals surface area contributed by atoms with Gasteiger partial charge in [0.25, 0.3) is 0 Å². The second-order valence-corrected chi connectivity index (χ2v) is 3.35. The molecule has 0 radical (unpaired) electrons. The van der Waals surface area contributed by atoms with Crippen molar-refractivity contribution in [3.05, 3.63) is 5.82 Å². The molecule has 70 valence electrons. The van der Waals surface area contributed by atoms with Crippen LogP contribution in [0.5, 0.6) is 0 Å². The number of aldehydes is 1. The molecule has 0 atom stereocenters. The SMILES string of the molecule is CN(c1nc(C=O)n(C)n1)C1CC1. The lowest BCUT2D eigenvalue weighted by atomic mass is 10.6.